The molecule has 0 aromatic rings. The van der Waals surface area contributed by atoms with Crippen LogP contribution in [0.3, 0.4) is 0 Å². The van der Waals surface area contributed by atoms with E-state index in [9.17, 15) is 4.79 Å². The van der Waals surface area contributed by atoms with Gasteiger partial charge in [-0.3, -0.25) is 4.79 Å². The van der Waals surface area contributed by atoms with E-state index in [0.29, 0.717) is 26.1 Å². The molecule has 0 aliphatic rings. The molecule has 4 nitrogen and oxygen atoms in total. The minimum Gasteiger partial charge on any atom is -0.381 e. The lowest BCUT2D eigenvalue weighted by molar-refractivity contribution is -0.133. The predicted octanol–water partition coefficient (Wildman–Crippen LogP) is 0.999. The van der Waals surface area contributed by atoms with Crippen molar-refractivity contribution in [2.24, 2.45) is 5.73 Å². The maximum atomic E-state index is 11.7. The van der Waals surface area contributed by atoms with Gasteiger partial charge in [-0.15, -0.1) is 0 Å². The summed E-state index contributed by atoms with van der Waals surface area (Å²) in [4.78, 5) is 13.5. The fourth-order valence-electron chi connectivity index (χ4n) is 1.36. The summed E-state index contributed by atoms with van der Waals surface area (Å²) in [5, 5.41) is 0. The Balaban J connectivity index is 3.82. The van der Waals surface area contributed by atoms with Gasteiger partial charge in [0.1, 0.15) is 0 Å². The minimum absolute atomic E-state index is 0.131. The van der Waals surface area contributed by atoms with Gasteiger partial charge in [0.05, 0.1) is 13.0 Å². The molecule has 0 saturated heterocycles. The zero-order valence-electron chi connectivity index (χ0n) is 10.2. The van der Waals surface area contributed by atoms with Crippen LogP contribution in [-0.2, 0) is 9.53 Å². The molecule has 0 rings (SSSR count). The largest absolute Gasteiger partial charge is 0.381 e. The predicted molar refractivity (Wildman–Crippen MR) is 61.6 cm³/mol. The average Bonchev–Trinajstić information content (AvgIpc) is 2.20. The molecule has 90 valence electrons. The number of carbonyl (C=O) groups excluding carboxylic acids is 1. The minimum atomic E-state index is 0.131. The van der Waals surface area contributed by atoms with Crippen LogP contribution in [0.4, 0.5) is 0 Å². The molecule has 0 bridgehead atoms. The monoisotopic (exact) mass is 216 g/mol. The number of hydrogen-bond donors (Lipinski definition) is 1. The Morgan fingerprint density at radius 2 is 2.07 bits per heavy atom. The first kappa shape index (κ1) is 14.4. The van der Waals surface area contributed by atoms with Crippen molar-refractivity contribution in [2.75, 3.05) is 26.3 Å². The molecule has 1 amide bonds. The third-order valence-corrected chi connectivity index (χ3v) is 2.12. The van der Waals surface area contributed by atoms with Crippen LogP contribution >= 0.6 is 0 Å². The zero-order chi connectivity index (χ0) is 11.7. The fourth-order valence-corrected chi connectivity index (χ4v) is 1.36. The molecule has 0 aromatic carbocycles. The molecule has 15 heavy (non-hydrogen) atoms. The van der Waals surface area contributed by atoms with E-state index in [-0.39, 0.29) is 11.9 Å². The van der Waals surface area contributed by atoms with Gasteiger partial charge in [0.15, 0.2) is 0 Å². The number of hydrogen-bond acceptors (Lipinski definition) is 3. The number of ether oxygens (including phenoxy) is 1. The van der Waals surface area contributed by atoms with Gasteiger partial charge in [-0.2, -0.15) is 0 Å². The van der Waals surface area contributed by atoms with Crippen molar-refractivity contribution in [1.82, 2.24) is 4.90 Å². The first-order chi connectivity index (χ1) is 7.13. The third-order valence-electron chi connectivity index (χ3n) is 2.12. The quantitative estimate of drug-likeness (QED) is 0.616. The summed E-state index contributed by atoms with van der Waals surface area (Å²) >= 11 is 0. The van der Waals surface area contributed by atoms with Gasteiger partial charge < -0.3 is 15.4 Å². The molecule has 0 fully saturated rings. The number of amides is 1. The van der Waals surface area contributed by atoms with E-state index in [2.05, 4.69) is 6.92 Å². The molecule has 0 radical (unpaired) electrons. The SMILES string of the molecule is CCCOCCC(=O)N(CCN)C(C)C. The second-order valence-electron chi connectivity index (χ2n) is 3.83. The van der Waals surface area contributed by atoms with Gasteiger partial charge in [-0.05, 0) is 20.3 Å². The molecular formula is C11H24N2O2. The van der Waals surface area contributed by atoms with Crippen molar-refractivity contribution >= 4 is 5.91 Å². The van der Waals surface area contributed by atoms with Crippen LogP contribution in [0, 0.1) is 0 Å². The van der Waals surface area contributed by atoms with E-state index < -0.39 is 0 Å². The molecule has 2 N–H and O–H groups in total. The third kappa shape index (κ3) is 6.47. The Kier molecular flexibility index (Phi) is 8.33. The van der Waals surface area contributed by atoms with E-state index in [4.69, 9.17) is 10.5 Å². The van der Waals surface area contributed by atoms with Gasteiger partial charge in [-0.25, -0.2) is 0 Å². The summed E-state index contributed by atoms with van der Waals surface area (Å²) in [5.41, 5.74) is 5.46. The van der Waals surface area contributed by atoms with E-state index in [0.717, 1.165) is 13.0 Å². The number of nitrogens with zero attached hydrogens (tertiary/aromatic N) is 1. The summed E-state index contributed by atoms with van der Waals surface area (Å²) in [6.45, 7) is 8.44. The number of carbonyl (C=O) groups is 1. The van der Waals surface area contributed by atoms with Crippen molar-refractivity contribution in [3.8, 4) is 0 Å². The number of nitrogens with two attached hydrogens (primary N) is 1. The average molecular weight is 216 g/mol. The van der Waals surface area contributed by atoms with Crippen LogP contribution in [0.15, 0.2) is 0 Å². The van der Waals surface area contributed by atoms with Gasteiger partial charge in [-0.1, -0.05) is 6.92 Å². The Morgan fingerprint density at radius 3 is 2.53 bits per heavy atom. The highest BCUT2D eigenvalue weighted by atomic mass is 16.5. The maximum absolute atomic E-state index is 11.7. The standard InChI is InChI=1S/C11H24N2O2/c1-4-8-15-9-5-11(14)13(7-6-12)10(2)3/h10H,4-9,12H2,1-3H3. The zero-order valence-corrected chi connectivity index (χ0v) is 10.2. The number of rotatable bonds is 8. The van der Waals surface area contributed by atoms with Crippen molar-refractivity contribution < 1.29 is 9.53 Å². The lowest BCUT2D eigenvalue weighted by Gasteiger charge is -2.26. The van der Waals surface area contributed by atoms with Crippen LogP contribution in [0.2, 0.25) is 0 Å². The Labute approximate surface area is 92.8 Å². The second kappa shape index (κ2) is 8.68. The molecule has 0 aromatic heterocycles. The van der Waals surface area contributed by atoms with Crippen molar-refractivity contribution in [3.63, 3.8) is 0 Å². The molecule has 0 heterocycles. The van der Waals surface area contributed by atoms with Crippen molar-refractivity contribution in [3.05, 3.63) is 0 Å². The van der Waals surface area contributed by atoms with E-state index in [1.807, 2.05) is 13.8 Å². The Hall–Kier alpha value is -0.610. The smallest absolute Gasteiger partial charge is 0.225 e. The fraction of sp³-hybridized carbons (Fsp3) is 0.909. The molecule has 0 aliphatic carbocycles. The lowest BCUT2D eigenvalue weighted by atomic mass is 10.2. The molecule has 0 spiro atoms. The molecule has 0 saturated carbocycles. The topological polar surface area (TPSA) is 55.6 Å². The van der Waals surface area contributed by atoms with Crippen molar-refractivity contribution in [2.45, 2.75) is 39.7 Å². The van der Waals surface area contributed by atoms with E-state index in [1.54, 1.807) is 4.90 Å². The Morgan fingerprint density at radius 1 is 1.40 bits per heavy atom. The highest BCUT2D eigenvalue weighted by Crippen LogP contribution is 2.01. The molecule has 4 heteroatoms. The van der Waals surface area contributed by atoms with E-state index >= 15 is 0 Å². The maximum Gasteiger partial charge on any atom is 0.225 e. The van der Waals surface area contributed by atoms with Crippen molar-refractivity contribution in [1.29, 1.82) is 0 Å². The van der Waals surface area contributed by atoms with Crippen LogP contribution in [0.25, 0.3) is 0 Å². The van der Waals surface area contributed by atoms with Crippen LogP contribution in [-0.4, -0.2) is 43.2 Å². The summed E-state index contributed by atoms with van der Waals surface area (Å²) in [6, 6.07) is 0.215. The van der Waals surface area contributed by atoms with E-state index in [1.165, 1.54) is 0 Å². The van der Waals surface area contributed by atoms with Gasteiger partial charge in [0, 0.05) is 25.7 Å². The molecular weight excluding hydrogens is 192 g/mol. The summed E-state index contributed by atoms with van der Waals surface area (Å²) in [5.74, 6) is 0.131. The van der Waals surface area contributed by atoms with Gasteiger partial charge in [0.2, 0.25) is 5.91 Å². The summed E-state index contributed by atoms with van der Waals surface area (Å²) < 4.78 is 5.28. The summed E-state index contributed by atoms with van der Waals surface area (Å²) in [7, 11) is 0. The Bertz CT molecular complexity index is 172. The van der Waals surface area contributed by atoms with Gasteiger partial charge in [0.25, 0.3) is 0 Å². The van der Waals surface area contributed by atoms with Crippen LogP contribution < -0.4 is 5.73 Å². The van der Waals surface area contributed by atoms with Crippen LogP contribution in [0.1, 0.15) is 33.6 Å². The molecule has 0 atom stereocenters. The second-order valence-corrected chi connectivity index (χ2v) is 3.83. The summed E-state index contributed by atoms with van der Waals surface area (Å²) in [6.07, 6.45) is 1.45. The highest BCUT2D eigenvalue weighted by Gasteiger charge is 2.15. The first-order valence-corrected chi connectivity index (χ1v) is 5.70. The van der Waals surface area contributed by atoms with Gasteiger partial charge >= 0.3 is 0 Å². The highest BCUT2D eigenvalue weighted by molar-refractivity contribution is 5.76. The first-order valence-electron chi connectivity index (χ1n) is 5.70. The molecule has 0 unspecified atom stereocenters. The molecule has 0 aliphatic heterocycles. The lowest BCUT2D eigenvalue weighted by Crippen LogP contribution is -2.40. The normalized spacial score (nSPS) is 10.7. The van der Waals surface area contributed by atoms with Crippen LogP contribution in [0.5, 0.6) is 0 Å².